The number of rotatable bonds is 2. The number of nitrogens with zero attached hydrogens (tertiary/aromatic N) is 3. The summed E-state index contributed by atoms with van der Waals surface area (Å²) in [4.78, 5) is 13.8. The number of fused-ring (bicyclic) bond motifs is 1. The minimum absolute atomic E-state index is 0.237. The third kappa shape index (κ3) is 1.44. The van der Waals surface area contributed by atoms with Crippen molar-refractivity contribution in [2.24, 2.45) is 5.92 Å². The maximum Gasteiger partial charge on any atom is 0.414 e. The van der Waals surface area contributed by atoms with Crippen LogP contribution in [-0.2, 0) is 6.54 Å². The van der Waals surface area contributed by atoms with Crippen LogP contribution in [0.5, 0.6) is 6.01 Å². The highest BCUT2D eigenvalue weighted by molar-refractivity contribution is 5.22. The molecule has 86 valence electrons. The van der Waals surface area contributed by atoms with Crippen molar-refractivity contribution in [2.45, 2.75) is 31.6 Å². The van der Waals surface area contributed by atoms with Gasteiger partial charge in [-0.15, -0.1) is 0 Å². The molecular weight excluding hydrogens is 214 g/mol. The summed E-state index contributed by atoms with van der Waals surface area (Å²) in [7, 11) is 0. The number of hydrogen-bond donors (Lipinski definition) is 1. The standard InChI is InChI=1S/C9H11N3O4/c13-6-3-11-4-7(12(14)15)10-9(11)16-8(6)5-1-2-5/h4-6,8,13H,1-3H2/t6-,8-/m1/s1. The normalized spacial score (nSPS) is 28.3. The molecule has 0 bridgehead atoms. The van der Waals surface area contributed by atoms with Gasteiger partial charge in [0.15, 0.2) is 0 Å². The third-order valence-corrected chi connectivity index (χ3v) is 3.01. The molecule has 1 aromatic heterocycles. The number of imidazole rings is 1. The molecule has 3 rings (SSSR count). The third-order valence-electron chi connectivity index (χ3n) is 3.01. The van der Waals surface area contributed by atoms with Crippen molar-refractivity contribution in [2.75, 3.05) is 0 Å². The number of aliphatic hydroxyl groups excluding tert-OH is 1. The summed E-state index contributed by atoms with van der Waals surface area (Å²) in [5.41, 5.74) is 0. The highest BCUT2D eigenvalue weighted by Crippen LogP contribution is 2.38. The minimum Gasteiger partial charge on any atom is -0.439 e. The van der Waals surface area contributed by atoms with E-state index in [4.69, 9.17) is 4.74 Å². The molecule has 16 heavy (non-hydrogen) atoms. The molecule has 1 aliphatic heterocycles. The summed E-state index contributed by atoms with van der Waals surface area (Å²) < 4.78 is 6.98. The van der Waals surface area contributed by atoms with Gasteiger partial charge < -0.3 is 20.0 Å². The summed E-state index contributed by atoms with van der Waals surface area (Å²) in [6, 6.07) is 0.244. The Kier molecular flexibility index (Phi) is 1.90. The second kappa shape index (κ2) is 3.18. The maximum absolute atomic E-state index is 10.5. The second-order valence-corrected chi connectivity index (χ2v) is 4.28. The number of aliphatic hydroxyl groups is 1. The average molecular weight is 225 g/mol. The lowest BCUT2D eigenvalue weighted by molar-refractivity contribution is -0.389. The lowest BCUT2D eigenvalue weighted by atomic mass is 10.1. The zero-order chi connectivity index (χ0) is 11.3. The molecule has 1 aromatic rings. The SMILES string of the molecule is O=[N+]([O-])c1cn2c(n1)O[C@H](C1CC1)[C@H](O)C2. The Morgan fingerprint density at radius 3 is 3.00 bits per heavy atom. The van der Waals surface area contributed by atoms with E-state index in [1.807, 2.05) is 0 Å². The average Bonchev–Trinajstić information content (AvgIpc) is 2.97. The van der Waals surface area contributed by atoms with E-state index in [1.165, 1.54) is 10.8 Å². The Hall–Kier alpha value is -1.63. The van der Waals surface area contributed by atoms with Crippen LogP contribution in [0.25, 0.3) is 0 Å². The van der Waals surface area contributed by atoms with Crippen LogP contribution in [-0.4, -0.2) is 31.8 Å². The van der Waals surface area contributed by atoms with Gasteiger partial charge >= 0.3 is 11.8 Å². The molecule has 2 aliphatic rings. The van der Waals surface area contributed by atoms with Crippen LogP contribution in [0, 0.1) is 16.0 Å². The van der Waals surface area contributed by atoms with Crippen molar-refractivity contribution >= 4 is 5.82 Å². The molecular formula is C9H11N3O4. The molecule has 7 nitrogen and oxygen atoms in total. The highest BCUT2D eigenvalue weighted by Gasteiger charge is 2.43. The van der Waals surface area contributed by atoms with Gasteiger partial charge in [0, 0.05) is 4.98 Å². The zero-order valence-corrected chi connectivity index (χ0v) is 8.44. The summed E-state index contributed by atoms with van der Waals surface area (Å²) in [5.74, 6) is 0.137. The molecule has 1 fully saturated rings. The van der Waals surface area contributed by atoms with Gasteiger partial charge in [-0.05, 0) is 23.7 Å². The first-order chi connectivity index (χ1) is 7.65. The van der Waals surface area contributed by atoms with Gasteiger partial charge in [0.05, 0.1) is 6.54 Å². The Balaban J connectivity index is 1.89. The van der Waals surface area contributed by atoms with E-state index in [9.17, 15) is 15.2 Å². The summed E-state index contributed by atoms with van der Waals surface area (Å²) >= 11 is 0. The molecule has 0 amide bonds. The smallest absolute Gasteiger partial charge is 0.414 e. The van der Waals surface area contributed by atoms with Crippen LogP contribution in [0.4, 0.5) is 5.82 Å². The Labute approximate surface area is 90.8 Å². The molecule has 1 aliphatic carbocycles. The first kappa shape index (κ1) is 9.59. The molecule has 0 unspecified atom stereocenters. The van der Waals surface area contributed by atoms with Crippen LogP contribution < -0.4 is 4.74 Å². The molecule has 2 heterocycles. The van der Waals surface area contributed by atoms with Crippen molar-refractivity contribution in [1.29, 1.82) is 0 Å². The van der Waals surface area contributed by atoms with Gasteiger partial charge in [-0.25, -0.2) is 0 Å². The van der Waals surface area contributed by atoms with Crippen LogP contribution >= 0.6 is 0 Å². The van der Waals surface area contributed by atoms with E-state index in [1.54, 1.807) is 0 Å². The quantitative estimate of drug-likeness (QED) is 0.578. The number of hydrogen-bond acceptors (Lipinski definition) is 5. The molecule has 0 radical (unpaired) electrons. The number of nitro groups is 1. The first-order valence-electron chi connectivity index (χ1n) is 5.21. The van der Waals surface area contributed by atoms with E-state index >= 15 is 0 Å². The monoisotopic (exact) mass is 225 g/mol. The fourth-order valence-corrected chi connectivity index (χ4v) is 2.04. The molecule has 1 N–H and O–H groups in total. The van der Waals surface area contributed by atoms with Crippen LogP contribution in [0.15, 0.2) is 6.20 Å². The van der Waals surface area contributed by atoms with E-state index in [-0.39, 0.29) is 17.9 Å². The lowest BCUT2D eigenvalue weighted by Gasteiger charge is -2.27. The number of aromatic nitrogens is 2. The summed E-state index contributed by atoms with van der Waals surface area (Å²) in [6.07, 6.45) is 2.53. The Morgan fingerprint density at radius 2 is 2.38 bits per heavy atom. The fourth-order valence-electron chi connectivity index (χ4n) is 2.04. The first-order valence-corrected chi connectivity index (χ1v) is 5.21. The molecule has 7 heteroatoms. The second-order valence-electron chi connectivity index (χ2n) is 4.28. The number of ether oxygens (including phenoxy) is 1. The van der Waals surface area contributed by atoms with E-state index in [0.717, 1.165) is 12.8 Å². The molecule has 0 saturated heterocycles. The van der Waals surface area contributed by atoms with Crippen LogP contribution in [0.2, 0.25) is 0 Å². The van der Waals surface area contributed by atoms with Crippen molar-refractivity contribution in [3.8, 4) is 6.01 Å². The summed E-state index contributed by atoms with van der Waals surface area (Å²) in [6.45, 7) is 0.317. The van der Waals surface area contributed by atoms with Gasteiger partial charge in [-0.1, -0.05) is 0 Å². The van der Waals surface area contributed by atoms with Gasteiger partial charge in [0.1, 0.15) is 18.4 Å². The van der Waals surface area contributed by atoms with Crippen molar-refractivity contribution in [3.63, 3.8) is 0 Å². The van der Waals surface area contributed by atoms with Gasteiger partial charge in [0.25, 0.3) is 0 Å². The Morgan fingerprint density at radius 1 is 1.62 bits per heavy atom. The summed E-state index contributed by atoms with van der Waals surface area (Å²) in [5, 5.41) is 20.4. The molecule has 1 saturated carbocycles. The van der Waals surface area contributed by atoms with Crippen molar-refractivity contribution in [3.05, 3.63) is 16.3 Å². The fraction of sp³-hybridized carbons (Fsp3) is 0.667. The van der Waals surface area contributed by atoms with Crippen molar-refractivity contribution < 1.29 is 14.8 Å². The predicted octanol–water partition coefficient (Wildman–Crippen LogP) is 0.323. The van der Waals surface area contributed by atoms with Gasteiger partial charge in [-0.3, -0.25) is 4.57 Å². The van der Waals surface area contributed by atoms with E-state index < -0.39 is 11.0 Å². The highest BCUT2D eigenvalue weighted by atomic mass is 16.6. The maximum atomic E-state index is 10.5. The predicted molar refractivity (Wildman–Crippen MR) is 52.0 cm³/mol. The van der Waals surface area contributed by atoms with Gasteiger partial charge in [-0.2, -0.15) is 0 Å². The van der Waals surface area contributed by atoms with Gasteiger partial charge in [0.2, 0.25) is 0 Å². The topological polar surface area (TPSA) is 90.4 Å². The van der Waals surface area contributed by atoms with E-state index in [0.29, 0.717) is 12.5 Å². The zero-order valence-electron chi connectivity index (χ0n) is 8.44. The molecule has 0 aromatic carbocycles. The van der Waals surface area contributed by atoms with Crippen LogP contribution in [0.1, 0.15) is 12.8 Å². The molecule has 2 atom stereocenters. The van der Waals surface area contributed by atoms with Crippen LogP contribution in [0.3, 0.4) is 0 Å². The Bertz CT molecular complexity index is 440. The lowest BCUT2D eigenvalue weighted by Crippen LogP contribution is -2.41. The van der Waals surface area contributed by atoms with E-state index in [2.05, 4.69) is 4.98 Å². The largest absolute Gasteiger partial charge is 0.439 e. The molecule has 0 spiro atoms. The van der Waals surface area contributed by atoms with Crippen molar-refractivity contribution in [1.82, 2.24) is 9.55 Å². The minimum atomic E-state index is -0.603.